The molecule has 0 aromatic heterocycles. The number of hydrogen-bond donors (Lipinski definition) is 0. The Morgan fingerprint density at radius 3 is 2.80 bits per heavy atom. The number of benzene rings is 1. The van der Waals surface area contributed by atoms with Gasteiger partial charge in [0.15, 0.2) is 0 Å². The molecule has 0 aliphatic rings. The first kappa shape index (κ1) is 11.2. The van der Waals surface area contributed by atoms with Crippen molar-refractivity contribution >= 4 is 12.4 Å². The number of esters is 1. The molecule has 15 heavy (non-hydrogen) atoms. The summed E-state index contributed by atoms with van der Waals surface area (Å²) in [6.45, 7) is 3.52. The van der Waals surface area contributed by atoms with Crippen molar-refractivity contribution in [1.29, 1.82) is 0 Å². The first-order valence-electron chi connectivity index (χ1n) is 4.59. The first-order valence-corrected chi connectivity index (χ1v) is 4.59. The standard InChI is InChI=1S/C11H11O4/c1-2-7-14-11(13)9-5-3-4-6-10(9)15-8-12/h3-6H,2,7H2,1H3. The lowest BCUT2D eigenvalue weighted by atomic mass is 10.2. The van der Waals surface area contributed by atoms with Crippen LogP contribution in [-0.4, -0.2) is 19.0 Å². The summed E-state index contributed by atoms with van der Waals surface area (Å²) in [4.78, 5) is 21.5. The molecule has 1 aromatic carbocycles. The fourth-order valence-electron chi connectivity index (χ4n) is 1.04. The highest BCUT2D eigenvalue weighted by atomic mass is 16.5. The second-order valence-electron chi connectivity index (χ2n) is 2.82. The molecular formula is C11H11O4. The molecule has 0 atom stereocenters. The number of carbonyl (C=O) groups excluding carboxylic acids is 2. The molecule has 0 saturated heterocycles. The van der Waals surface area contributed by atoms with Crippen LogP contribution >= 0.6 is 0 Å². The van der Waals surface area contributed by atoms with Crippen LogP contribution in [0.2, 0.25) is 0 Å². The Hall–Kier alpha value is -1.84. The number of rotatable bonds is 5. The topological polar surface area (TPSA) is 52.6 Å². The summed E-state index contributed by atoms with van der Waals surface area (Å²) in [5.41, 5.74) is 0.231. The maximum atomic E-state index is 11.5. The third kappa shape index (κ3) is 3.09. The molecule has 0 spiro atoms. The lowest BCUT2D eigenvalue weighted by molar-refractivity contribution is 0.0503. The van der Waals surface area contributed by atoms with Gasteiger partial charge in [0.05, 0.1) is 6.61 Å². The molecule has 0 aliphatic heterocycles. The van der Waals surface area contributed by atoms with E-state index < -0.39 is 5.97 Å². The van der Waals surface area contributed by atoms with Crippen LogP contribution in [0.3, 0.4) is 0 Å². The smallest absolute Gasteiger partial charge is 0.423 e. The minimum absolute atomic E-state index is 0.161. The van der Waals surface area contributed by atoms with E-state index in [2.05, 4.69) is 4.74 Å². The highest BCUT2D eigenvalue weighted by Crippen LogP contribution is 2.18. The number of hydrogen-bond acceptors (Lipinski definition) is 4. The van der Waals surface area contributed by atoms with Crippen LogP contribution in [0.25, 0.3) is 0 Å². The molecule has 0 saturated carbocycles. The largest absolute Gasteiger partial charge is 0.462 e. The Kier molecular flexibility index (Phi) is 4.34. The van der Waals surface area contributed by atoms with Crippen molar-refractivity contribution < 1.29 is 19.1 Å². The van der Waals surface area contributed by atoms with Crippen molar-refractivity contribution in [2.75, 3.05) is 6.61 Å². The van der Waals surface area contributed by atoms with Gasteiger partial charge in [0, 0.05) is 0 Å². The molecule has 1 radical (unpaired) electrons. The fraction of sp³-hybridized carbons (Fsp3) is 0.273. The molecule has 0 aliphatic carbocycles. The molecule has 0 heterocycles. The monoisotopic (exact) mass is 207 g/mol. The van der Waals surface area contributed by atoms with Gasteiger partial charge in [-0.05, 0) is 18.6 Å². The Balaban J connectivity index is 2.82. The zero-order valence-electron chi connectivity index (χ0n) is 8.36. The average molecular weight is 207 g/mol. The molecule has 0 fully saturated rings. The van der Waals surface area contributed by atoms with Gasteiger partial charge in [-0.1, -0.05) is 19.1 Å². The molecule has 1 aromatic rings. The SMILES string of the molecule is CCCOC(=O)c1ccccc1O[C]=O. The molecule has 4 nitrogen and oxygen atoms in total. The molecular weight excluding hydrogens is 196 g/mol. The van der Waals surface area contributed by atoms with E-state index in [9.17, 15) is 9.59 Å². The molecule has 1 rings (SSSR count). The van der Waals surface area contributed by atoms with Crippen LogP contribution in [0, 0.1) is 0 Å². The van der Waals surface area contributed by atoms with E-state index in [1.807, 2.05) is 6.92 Å². The predicted molar refractivity (Wildman–Crippen MR) is 53.3 cm³/mol. The Labute approximate surface area is 87.8 Å². The Morgan fingerprint density at radius 1 is 1.40 bits per heavy atom. The molecule has 4 heteroatoms. The van der Waals surface area contributed by atoms with Gasteiger partial charge in [-0.15, -0.1) is 0 Å². The summed E-state index contributed by atoms with van der Waals surface area (Å²) in [6, 6.07) is 6.36. The van der Waals surface area contributed by atoms with Gasteiger partial charge in [-0.3, -0.25) is 0 Å². The molecule has 0 bridgehead atoms. The highest BCUT2D eigenvalue weighted by Gasteiger charge is 2.12. The normalized spacial score (nSPS) is 9.40. The Bertz CT molecular complexity index is 346. The maximum Gasteiger partial charge on any atom is 0.423 e. The third-order valence-electron chi connectivity index (χ3n) is 1.70. The zero-order chi connectivity index (χ0) is 11.1. The lowest BCUT2D eigenvalue weighted by Crippen LogP contribution is -2.08. The van der Waals surface area contributed by atoms with Crippen LogP contribution < -0.4 is 4.74 Å². The van der Waals surface area contributed by atoms with Crippen molar-refractivity contribution in [3.05, 3.63) is 29.8 Å². The van der Waals surface area contributed by atoms with E-state index in [0.29, 0.717) is 6.61 Å². The van der Waals surface area contributed by atoms with E-state index >= 15 is 0 Å². The average Bonchev–Trinajstić information content (AvgIpc) is 2.27. The maximum absolute atomic E-state index is 11.5. The van der Waals surface area contributed by atoms with Crippen LogP contribution in [0.4, 0.5) is 0 Å². The zero-order valence-corrected chi connectivity index (χ0v) is 8.36. The predicted octanol–water partition coefficient (Wildman–Crippen LogP) is 1.70. The second kappa shape index (κ2) is 5.80. The Morgan fingerprint density at radius 2 is 2.13 bits per heavy atom. The van der Waals surface area contributed by atoms with Gasteiger partial charge in [0.2, 0.25) is 0 Å². The van der Waals surface area contributed by atoms with Gasteiger partial charge >= 0.3 is 12.4 Å². The minimum Gasteiger partial charge on any atom is -0.462 e. The van der Waals surface area contributed by atoms with Crippen molar-refractivity contribution in [3.63, 3.8) is 0 Å². The molecule has 0 N–H and O–H groups in total. The fourth-order valence-corrected chi connectivity index (χ4v) is 1.04. The summed E-state index contributed by atoms with van der Waals surface area (Å²) >= 11 is 0. The van der Waals surface area contributed by atoms with Crippen molar-refractivity contribution in [2.24, 2.45) is 0 Å². The van der Waals surface area contributed by atoms with E-state index in [4.69, 9.17) is 4.74 Å². The van der Waals surface area contributed by atoms with Crippen LogP contribution in [-0.2, 0) is 9.53 Å². The van der Waals surface area contributed by atoms with Crippen molar-refractivity contribution in [1.82, 2.24) is 0 Å². The second-order valence-corrected chi connectivity index (χ2v) is 2.82. The lowest BCUT2D eigenvalue weighted by Gasteiger charge is -2.05. The molecule has 0 amide bonds. The van der Waals surface area contributed by atoms with Gasteiger partial charge < -0.3 is 9.47 Å². The van der Waals surface area contributed by atoms with Crippen LogP contribution in [0.1, 0.15) is 23.7 Å². The summed E-state index contributed by atoms with van der Waals surface area (Å²) < 4.78 is 9.45. The van der Waals surface area contributed by atoms with E-state index in [1.54, 1.807) is 12.1 Å². The number of ether oxygens (including phenoxy) is 2. The summed E-state index contributed by atoms with van der Waals surface area (Å²) in [5.74, 6) is -0.337. The number of para-hydroxylation sites is 1. The van der Waals surface area contributed by atoms with Gasteiger partial charge in [-0.25, -0.2) is 9.59 Å². The van der Waals surface area contributed by atoms with Crippen molar-refractivity contribution in [3.8, 4) is 5.75 Å². The van der Waals surface area contributed by atoms with E-state index in [-0.39, 0.29) is 11.3 Å². The molecule has 79 valence electrons. The summed E-state index contributed by atoms with van der Waals surface area (Å²) in [7, 11) is 0. The van der Waals surface area contributed by atoms with E-state index in [1.165, 1.54) is 18.6 Å². The summed E-state index contributed by atoms with van der Waals surface area (Å²) in [5, 5.41) is 0. The van der Waals surface area contributed by atoms with Gasteiger partial charge in [0.1, 0.15) is 11.3 Å². The first-order chi connectivity index (χ1) is 7.29. The van der Waals surface area contributed by atoms with Crippen LogP contribution in [0.15, 0.2) is 24.3 Å². The number of carbonyl (C=O) groups is 1. The highest BCUT2D eigenvalue weighted by molar-refractivity contribution is 5.92. The minimum atomic E-state index is -0.497. The molecule has 0 unspecified atom stereocenters. The third-order valence-corrected chi connectivity index (χ3v) is 1.70. The summed E-state index contributed by atoms with van der Waals surface area (Å²) in [6.07, 6.45) is 0.745. The quantitative estimate of drug-likeness (QED) is 0.689. The van der Waals surface area contributed by atoms with Crippen LogP contribution in [0.5, 0.6) is 5.75 Å². The van der Waals surface area contributed by atoms with Crippen molar-refractivity contribution in [2.45, 2.75) is 13.3 Å². The van der Waals surface area contributed by atoms with Gasteiger partial charge in [-0.2, -0.15) is 0 Å². The van der Waals surface area contributed by atoms with Gasteiger partial charge in [0.25, 0.3) is 0 Å². The van der Waals surface area contributed by atoms with E-state index in [0.717, 1.165) is 6.42 Å².